The van der Waals surface area contributed by atoms with Crippen LogP contribution in [0.4, 0.5) is 0 Å². The molecule has 176 valence electrons. The Morgan fingerprint density at radius 3 is 2.38 bits per heavy atom. The van der Waals surface area contributed by atoms with Gasteiger partial charge in [-0.25, -0.2) is 5.43 Å². The predicted molar refractivity (Wildman–Crippen MR) is 130 cm³/mol. The minimum atomic E-state index is -0.468. The number of rotatable bonds is 10. The number of para-hydroxylation sites is 1. The molecule has 0 aliphatic heterocycles. The normalized spacial score (nSPS) is 10.6. The summed E-state index contributed by atoms with van der Waals surface area (Å²) in [7, 11) is 3.03. The lowest BCUT2D eigenvalue weighted by molar-refractivity contribution is -0.120. The van der Waals surface area contributed by atoms with Crippen LogP contribution in [0.5, 0.6) is 17.2 Å². The zero-order valence-electron chi connectivity index (χ0n) is 19.3. The van der Waals surface area contributed by atoms with Gasteiger partial charge in [0.1, 0.15) is 12.4 Å². The molecule has 0 aliphatic carbocycles. The average molecular weight is 462 g/mol. The lowest BCUT2D eigenvalue weighted by Gasteiger charge is -2.11. The second kappa shape index (κ2) is 12.1. The van der Waals surface area contributed by atoms with E-state index in [1.807, 2.05) is 31.2 Å². The number of nitrogens with one attached hydrogen (secondary N) is 2. The van der Waals surface area contributed by atoms with E-state index in [4.69, 9.17) is 14.2 Å². The average Bonchev–Trinajstić information content (AvgIpc) is 2.87. The van der Waals surface area contributed by atoms with Gasteiger partial charge in [-0.05, 0) is 48.4 Å². The van der Waals surface area contributed by atoms with Crippen LogP contribution in [0.1, 0.15) is 27.0 Å². The van der Waals surface area contributed by atoms with Gasteiger partial charge in [0, 0.05) is 0 Å². The van der Waals surface area contributed by atoms with Crippen molar-refractivity contribution < 1.29 is 23.8 Å². The summed E-state index contributed by atoms with van der Waals surface area (Å²) in [6.45, 7) is 2.22. The SMILES string of the molecule is COc1cc(C=NNC(=O)CNC(=O)c2ccccc2OC)ccc1OCc1ccc(C)cc1. The molecule has 0 atom stereocenters. The second-order valence-electron chi connectivity index (χ2n) is 7.36. The quantitative estimate of drug-likeness (QED) is 0.356. The first-order valence-corrected chi connectivity index (χ1v) is 10.6. The Bertz CT molecular complexity index is 1160. The molecule has 8 heteroatoms. The third-order valence-corrected chi connectivity index (χ3v) is 4.87. The van der Waals surface area contributed by atoms with Crippen molar-refractivity contribution in [3.05, 3.63) is 89.0 Å². The Balaban J connectivity index is 1.51. The third kappa shape index (κ3) is 6.83. The first-order valence-electron chi connectivity index (χ1n) is 10.6. The summed E-state index contributed by atoms with van der Waals surface area (Å²) in [6.07, 6.45) is 1.48. The van der Waals surface area contributed by atoms with Gasteiger partial charge < -0.3 is 19.5 Å². The van der Waals surface area contributed by atoms with Crippen molar-refractivity contribution in [2.45, 2.75) is 13.5 Å². The van der Waals surface area contributed by atoms with E-state index in [1.165, 1.54) is 18.9 Å². The number of methoxy groups -OCH3 is 2. The molecule has 0 bridgehead atoms. The minimum Gasteiger partial charge on any atom is -0.496 e. The lowest BCUT2D eigenvalue weighted by atomic mass is 10.2. The first-order chi connectivity index (χ1) is 16.5. The van der Waals surface area contributed by atoms with Crippen molar-refractivity contribution in [3.8, 4) is 17.2 Å². The van der Waals surface area contributed by atoms with Gasteiger partial charge in [0.15, 0.2) is 11.5 Å². The smallest absolute Gasteiger partial charge is 0.259 e. The van der Waals surface area contributed by atoms with E-state index in [0.717, 1.165) is 5.56 Å². The monoisotopic (exact) mass is 461 g/mol. The fourth-order valence-electron chi connectivity index (χ4n) is 3.04. The van der Waals surface area contributed by atoms with E-state index in [9.17, 15) is 9.59 Å². The number of hydrogen-bond acceptors (Lipinski definition) is 6. The Labute approximate surface area is 198 Å². The number of hydrogen-bond donors (Lipinski definition) is 2. The van der Waals surface area contributed by atoms with Crippen LogP contribution in [0.2, 0.25) is 0 Å². The van der Waals surface area contributed by atoms with Crippen LogP contribution in [0.15, 0.2) is 71.8 Å². The molecule has 0 spiro atoms. The molecule has 0 aromatic heterocycles. The largest absolute Gasteiger partial charge is 0.496 e. The van der Waals surface area contributed by atoms with Gasteiger partial charge in [-0.2, -0.15) is 5.10 Å². The summed E-state index contributed by atoms with van der Waals surface area (Å²) in [5.41, 5.74) is 5.68. The molecule has 0 saturated carbocycles. The van der Waals surface area contributed by atoms with Gasteiger partial charge in [-0.3, -0.25) is 9.59 Å². The van der Waals surface area contributed by atoms with Gasteiger partial charge >= 0.3 is 0 Å². The van der Waals surface area contributed by atoms with E-state index >= 15 is 0 Å². The zero-order chi connectivity index (χ0) is 24.3. The van der Waals surface area contributed by atoms with Gasteiger partial charge in [-0.15, -0.1) is 0 Å². The Hall–Kier alpha value is -4.33. The second-order valence-corrected chi connectivity index (χ2v) is 7.36. The number of benzene rings is 3. The van der Waals surface area contributed by atoms with Crippen LogP contribution in [-0.4, -0.2) is 38.8 Å². The summed E-state index contributed by atoms with van der Waals surface area (Å²) in [4.78, 5) is 24.3. The van der Waals surface area contributed by atoms with Crippen LogP contribution in [0, 0.1) is 6.92 Å². The summed E-state index contributed by atoms with van der Waals surface area (Å²) < 4.78 is 16.4. The molecule has 3 aromatic rings. The highest BCUT2D eigenvalue weighted by Gasteiger charge is 2.12. The highest BCUT2D eigenvalue weighted by molar-refractivity contribution is 5.98. The van der Waals surface area contributed by atoms with E-state index < -0.39 is 11.8 Å². The topological polar surface area (TPSA) is 98.2 Å². The van der Waals surface area contributed by atoms with E-state index in [0.29, 0.717) is 35.0 Å². The fourth-order valence-corrected chi connectivity index (χ4v) is 3.04. The summed E-state index contributed by atoms with van der Waals surface area (Å²) in [5, 5.41) is 6.47. The van der Waals surface area contributed by atoms with Crippen LogP contribution in [-0.2, 0) is 11.4 Å². The van der Waals surface area contributed by atoms with Crippen molar-refractivity contribution in [2.24, 2.45) is 5.10 Å². The predicted octanol–water partition coefficient (Wildman–Crippen LogP) is 3.47. The third-order valence-electron chi connectivity index (χ3n) is 4.87. The molecule has 3 aromatic carbocycles. The molecule has 0 radical (unpaired) electrons. The first kappa shape index (κ1) is 24.3. The maximum Gasteiger partial charge on any atom is 0.259 e. The maximum absolute atomic E-state index is 12.3. The lowest BCUT2D eigenvalue weighted by Crippen LogP contribution is -2.35. The molecular weight excluding hydrogens is 434 g/mol. The van der Waals surface area contributed by atoms with Crippen LogP contribution in [0.25, 0.3) is 0 Å². The van der Waals surface area contributed by atoms with Crippen molar-refractivity contribution >= 4 is 18.0 Å². The summed E-state index contributed by atoms with van der Waals surface area (Å²) in [5.74, 6) is 0.695. The molecule has 2 amide bonds. The molecule has 0 heterocycles. The maximum atomic E-state index is 12.3. The minimum absolute atomic E-state index is 0.233. The number of hydrazone groups is 1. The standard InChI is InChI=1S/C26H27N3O5/c1-18-8-10-19(11-9-18)17-34-23-13-12-20(14-24(23)33-3)15-28-29-25(30)16-27-26(31)21-6-4-5-7-22(21)32-2/h4-15H,16-17H2,1-3H3,(H,27,31)(H,29,30). The number of carbonyl (C=O) groups excluding carboxylic acids is 2. The van der Waals surface area contributed by atoms with Crippen molar-refractivity contribution in [2.75, 3.05) is 20.8 Å². The molecule has 2 N–H and O–H groups in total. The van der Waals surface area contributed by atoms with E-state index in [-0.39, 0.29) is 6.54 Å². The Morgan fingerprint density at radius 1 is 0.912 bits per heavy atom. The van der Waals surface area contributed by atoms with Gasteiger partial charge in [0.25, 0.3) is 11.8 Å². The van der Waals surface area contributed by atoms with Crippen LogP contribution >= 0.6 is 0 Å². The molecule has 0 fully saturated rings. The van der Waals surface area contributed by atoms with Crippen molar-refractivity contribution in [1.29, 1.82) is 0 Å². The molecule has 34 heavy (non-hydrogen) atoms. The van der Waals surface area contributed by atoms with Crippen LogP contribution in [0.3, 0.4) is 0 Å². The number of nitrogens with zero attached hydrogens (tertiary/aromatic N) is 1. The number of carbonyl (C=O) groups is 2. The molecule has 0 aliphatic rings. The Morgan fingerprint density at radius 2 is 1.65 bits per heavy atom. The van der Waals surface area contributed by atoms with Gasteiger partial charge in [0.2, 0.25) is 0 Å². The van der Waals surface area contributed by atoms with Gasteiger partial charge in [0.05, 0.1) is 32.5 Å². The Kier molecular flexibility index (Phi) is 8.62. The molecule has 0 unspecified atom stereocenters. The van der Waals surface area contributed by atoms with E-state index in [1.54, 1.807) is 49.6 Å². The molecule has 0 saturated heterocycles. The highest BCUT2D eigenvalue weighted by Crippen LogP contribution is 2.28. The number of ether oxygens (including phenoxy) is 3. The summed E-state index contributed by atoms with van der Waals surface area (Å²) >= 11 is 0. The number of amides is 2. The summed E-state index contributed by atoms with van der Waals surface area (Å²) in [6, 6.07) is 20.2. The molecule has 8 nitrogen and oxygen atoms in total. The van der Waals surface area contributed by atoms with Crippen LogP contribution < -0.4 is 25.0 Å². The fraction of sp³-hybridized carbons (Fsp3) is 0.192. The molecule has 3 rings (SSSR count). The number of aryl methyl sites for hydroxylation is 1. The zero-order valence-corrected chi connectivity index (χ0v) is 19.3. The molecular formula is C26H27N3O5. The van der Waals surface area contributed by atoms with Crippen molar-refractivity contribution in [3.63, 3.8) is 0 Å². The van der Waals surface area contributed by atoms with E-state index in [2.05, 4.69) is 15.8 Å². The van der Waals surface area contributed by atoms with Gasteiger partial charge in [-0.1, -0.05) is 42.0 Å². The highest BCUT2D eigenvalue weighted by atomic mass is 16.5. The van der Waals surface area contributed by atoms with Crippen molar-refractivity contribution in [1.82, 2.24) is 10.7 Å².